The van der Waals surface area contributed by atoms with Crippen molar-refractivity contribution in [2.45, 2.75) is 39.5 Å². The Morgan fingerprint density at radius 3 is 2.62 bits per heavy atom. The zero-order valence-electron chi connectivity index (χ0n) is 13.9. The molecule has 0 aliphatic rings. The predicted molar refractivity (Wildman–Crippen MR) is 93.7 cm³/mol. The number of aromatic nitrogens is 2. The van der Waals surface area contributed by atoms with Crippen LogP contribution in [0.3, 0.4) is 0 Å². The highest BCUT2D eigenvalue weighted by Crippen LogP contribution is 2.17. The van der Waals surface area contributed by atoms with Crippen LogP contribution in [0.4, 0.5) is 5.13 Å². The number of carbonyl (C=O) groups excluding carboxylic acids is 2. The van der Waals surface area contributed by atoms with Crippen LogP contribution in [0.2, 0.25) is 0 Å². The molecule has 1 aromatic heterocycles. The van der Waals surface area contributed by atoms with E-state index in [0.717, 1.165) is 17.8 Å². The minimum absolute atomic E-state index is 0.0250. The fourth-order valence-corrected chi connectivity index (χ4v) is 2.87. The number of rotatable bonds is 9. The zero-order valence-corrected chi connectivity index (χ0v) is 14.7. The molecular weight excluding hydrogens is 326 g/mol. The van der Waals surface area contributed by atoms with Crippen LogP contribution in [-0.4, -0.2) is 28.5 Å². The minimum Gasteiger partial charge on any atom is -0.494 e. The molecule has 2 rings (SSSR count). The number of hydrogen-bond donors (Lipinski definition) is 1. The molecule has 0 unspecified atom stereocenters. The molecule has 2 aromatic rings. The standard InChI is InChI=1S/C17H21N3O3S/c1-3-5-16-19-20-17(24-16)18-15(22)6-4-11-23-14-9-7-13(8-10-14)12(2)21/h7-10H,3-6,11H2,1-2H3,(H,18,20,22). The number of anilines is 1. The van der Waals surface area contributed by atoms with Gasteiger partial charge in [0.05, 0.1) is 6.61 Å². The van der Waals surface area contributed by atoms with Gasteiger partial charge < -0.3 is 10.1 Å². The van der Waals surface area contributed by atoms with E-state index in [4.69, 9.17) is 4.74 Å². The summed E-state index contributed by atoms with van der Waals surface area (Å²) in [6.07, 6.45) is 2.84. The number of Topliss-reactive ketones (excluding diaryl/α,β-unsaturated/α-hetero) is 1. The van der Waals surface area contributed by atoms with E-state index in [1.165, 1.54) is 18.3 Å². The Bertz CT molecular complexity index is 683. The second-order valence-corrected chi connectivity index (χ2v) is 6.39. The summed E-state index contributed by atoms with van der Waals surface area (Å²) >= 11 is 1.41. The van der Waals surface area contributed by atoms with Crippen LogP contribution in [0.5, 0.6) is 5.75 Å². The summed E-state index contributed by atoms with van der Waals surface area (Å²) in [7, 11) is 0. The van der Waals surface area contributed by atoms with Gasteiger partial charge in [-0.3, -0.25) is 9.59 Å². The molecule has 0 aliphatic heterocycles. The average molecular weight is 347 g/mol. The summed E-state index contributed by atoms with van der Waals surface area (Å²) in [6, 6.07) is 6.97. The molecule has 1 amide bonds. The Morgan fingerprint density at radius 1 is 1.21 bits per heavy atom. The lowest BCUT2D eigenvalue weighted by atomic mass is 10.1. The van der Waals surface area contributed by atoms with Gasteiger partial charge in [0.25, 0.3) is 0 Å². The van der Waals surface area contributed by atoms with Crippen molar-refractivity contribution >= 4 is 28.2 Å². The number of ketones is 1. The molecule has 0 saturated heterocycles. The molecule has 0 atom stereocenters. The van der Waals surface area contributed by atoms with Crippen LogP contribution in [0.25, 0.3) is 0 Å². The van der Waals surface area contributed by atoms with Crippen molar-refractivity contribution in [2.75, 3.05) is 11.9 Å². The van der Waals surface area contributed by atoms with Gasteiger partial charge in [-0.05, 0) is 44.0 Å². The van der Waals surface area contributed by atoms with Gasteiger partial charge in [-0.1, -0.05) is 18.3 Å². The van der Waals surface area contributed by atoms with E-state index in [-0.39, 0.29) is 11.7 Å². The van der Waals surface area contributed by atoms with E-state index >= 15 is 0 Å². The average Bonchev–Trinajstić information content (AvgIpc) is 2.99. The van der Waals surface area contributed by atoms with Crippen LogP contribution in [0, 0.1) is 0 Å². The van der Waals surface area contributed by atoms with E-state index in [1.54, 1.807) is 24.3 Å². The normalized spacial score (nSPS) is 10.4. The second kappa shape index (κ2) is 9.12. The molecule has 1 heterocycles. The number of ether oxygens (including phenoxy) is 1. The zero-order chi connectivity index (χ0) is 17.4. The molecule has 128 valence electrons. The third-order valence-corrected chi connectivity index (χ3v) is 4.15. The molecule has 0 bridgehead atoms. The lowest BCUT2D eigenvalue weighted by molar-refractivity contribution is -0.116. The molecule has 7 heteroatoms. The summed E-state index contributed by atoms with van der Waals surface area (Å²) in [5.41, 5.74) is 0.654. The molecule has 0 fully saturated rings. The van der Waals surface area contributed by atoms with Gasteiger partial charge in [0.1, 0.15) is 10.8 Å². The molecule has 24 heavy (non-hydrogen) atoms. The van der Waals surface area contributed by atoms with Crippen molar-refractivity contribution in [2.24, 2.45) is 0 Å². The molecule has 1 aromatic carbocycles. The van der Waals surface area contributed by atoms with Gasteiger partial charge in [0, 0.05) is 18.4 Å². The lowest BCUT2D eigenvalue weighted by Crippen LogP contribution is -2.12. The maximum absolute atomic E-state index is 11.8. The molecule has 6 nitrogen and oxygen atoms in total. The summed E-state index contributed by atoms with van der Waals surface area (Å²) in [6.45, 7) is 4.04. The first-order valence-corrected chi connectivity index (χ1v) is 8.76. The van der Waals surface area contributed by atoms with Gasteiger partial charge in [0.15, 0.2) is 5.78 Å². The highest BCUT2D eigenvalue weighted by atomic mass is 32.1. The summed E-state index contributed by atoms with van der Waals surface area (Å²) in [5.74, 6) is 0.621. The van der Waals surface area contributed by atoms with Crippen molar-refractivity contribution in [3.8, 4) is 5.75 Å². The molecule has 0 saturated carbocycles. The number of benzene rings is 1. The smallest absolute Gasteiger partial charge is 0.226 e. The molecule has 0 spiro atoms. The summed E-state index contributed by atoms with van der Waals surface area (Å²) in [4.78, 5) is 23.0. The van der Waals surface area contributed by atoms with Crippen LogP contribution < -0.4 is 10.1 Å². The number of nitrogens with one attached hydrogen (secondary N) is 1. The first-order chi connectivity index (χ1) is 11.6. The first kappa shape index (κ1) is 18.1. The van der Waals surface area contributed by atoms with E-state index in [9.17, 15) is 9.59 Å². The van der Waals surface area contributed by atoms with Crippen molar-refractivity contribution in [1.29, 1.82) is 0 Å². The van der Waals surface area contributed by atoms with Gasteiger partial charge >= 0.3 is 0 Å². The predicted octanol–water partition coefficient (Wildman–Crippen LogP) is 3.49. The number of nitrogens with zero attached hydrogens (tertiary/aromatic N) is 2. The minimum atomic E-state index is -0.0928. The molecule has 1 N–H and O–H groups in total. The number of aryl methyl sites for hydroxylation is 1. The molecule has 0 radical (unpaired) electrons. The Hall–Kier alpha value is -2.28. The largest absolute Gasteiger partial charge is 0.494 e. The van der Waals surface area contributed by atoms with Crippen LogP contribution >= 0.6 is 11.3 Å². The van der Waals surface area contributed by atoms with E-state index in [1.807, 2.05) is 0 Å². The van der Waals surface area contributed by atoms with Crippen LogP contribution in [0.1, 0.15) is 48.5 Å². The number of amides is 1. The lowest BCUT2D eigenvalue weighted by Gasteiger charge is -2.06. The van der Waals surface area contributed by atoms with Crippen molar-refractivity contribution in [1.82, 2.24) is 10.2 Å². The summed E-state index contributed by atoms with van der Waals surface area (Å²) in [5, 5.41) is 12.2. The van der Waals surface area contributed by atoms with Crippen LogP contribution in [0.15, 0.2) is 24.3 Å². The fraction of sp³-hybridized carbons (Fsp3) is 0.412. The molecular formula is C17H21N3O3S. The number of carbonyl (C=O) groups is 2. The van der Waals surface area contributed by atoms with Crippen LogP contribution in [-0.2, 0) is 11.2 Å². The monoisotopic (exact) mass is 347 g/mol. The third-order valence-electron chi connectivity index (χ3n) is 3.25. The Balaban J connectivity index is 1.67. The SMILES string of the molecule is CCCc1nnc(NC(=O)CCCOc2ccc(C(C)=O)cc2)s1. The Kier molecular flexibility index (Phi) is 6.87. The van der Waals surface area contributed by atoms with Crippen molar-refractivity contribution in [3.63, 3.8) is 0 Å². The first-order valence-electron chi connectivity index (χ1n) is 7.94. The van der Waals surface area contributed by atoms with E-state index in [2.05, 4.69) is 22.4 Å². The van der Waals surface area contributed by atoms with E-state index in [0.29, 0.717) is 35.9 Å². The van der Waals surface area contributed by atoms with Gasteiger partial charge in [-0.2, -0.15) is 0 Å². The Labute approximate surface area is 145 Å². The molecule has 0 aliphatic carbocycles. The van der Waals surface area contributed by atoms with Gasteiger partial charge in [-0.25, -0.2) is 0 Å². The van der Waals surface area contributed by atoms with E-state index < -0.39 is 0 Å². The number of hydrogen-bond acceptors (Lipinski definition) is 6. The second-order valence-electron chi connectivity index (χ2n) is 5.33. The maximum Gasteiger partial charge on any atom is 0.226 e. The third kappa shape index (κ3) is 5.73. The summed E-state index contributed by atoms with van der Waals surface area (Å²) < 4.78 is 5.56. The van der Waals surface area contributed by atoms with Crippen molar-refractivity contribution in [3.05, 3.63) is 34.8 Å². The Morgan fingerprint density at radius 2 is 1.96 bits per heavy atom. The topological polar surface area (TPSA) is 81.2 Å². The highest BCUT2D eigenvalue weighted by Gasteiger charge is 2.08. The van der Waals surface area contributed by atoms with Gasteiger partial charge in [-0.15, -0.1) is 10.2 Å². The van der Waals surface area contributed by atoms with Gasteiger partial charge in [0.2, 0.25) is 11.0 Å². The maximum atomic E-state index is 11.8. The fourth-order valence-electron chi connectivity index (χ4n) is 2.01. The van der Waals surface area contributed by atoms with Crippen molar-refractivity contribution < 1.29 is 14.3 Å². The highest BCUT2D eigenvalue weighted by molar-refractivity contribution is 7.15. The quantitative estimate of drug-likeness (QED) is 0.555.